The van der Waals surface area contributed by atoms with E-state index in [4.69, 9.17) is 4.42 Å². The summed E-state index contributed by atoms with van der Waals surface area (Å²) in [7, 11) is 0. The Morgan fingerprint density at radius 3 is 2.68 bits per heavy atom. The highest BCUT2D eigenvalue weighted by molar-refractivity contribution is 8.14. The van der Waals surface area contributed by atoms with Gasteiger partial charge in [0.1, 0.15) is 5.76 Å². The first-order chi connectivity index (χ1) is 13.3. The Balaban J connectivity index is 1.56. The molecule has 4 rings (SSSR count). The summed E-state index contributed by atoms with van der Waals surface area (Å²) in [6.45, 7) is 3.97. The summed E-state index contributed by atoms with van der Waals surface area (Å²) in [5.74, 6) is 0.672. The van der Waals surface area contributed by atoms with Gasteiger partial charge in [-0.1, -0.05) is 62.0 Å². The van der Waals surface area contributed by atoms with E-state index in [1.807, 2.05) is 56.3 Å². The SMILES string of the molecule is CC1(C)[C@@H](C=C2CCSC2=O)[C@]1(Cc1coc(Cc2ccccc2)c1)C(=O)O. The van der Waals surface area contributed by atoms with E-state index < -0.39 is 16.8 Å². The van der Waals surface area contributed by atoms with E-state index in [9.17, 15) is 14.7 Å². The Labute approximate surface area is 169 Å². The smallest absolute Gasteiger partial charge is 0.311 e. The van der Waals surface area contributed by atoms with Crippen molar-refractivity contribution in [3.63, 3.8) is 0 Å². The zero-order valence-electron chi connectivity index (χ0n) is 16.1. The Bertz CT molecular complexity index is 941. The van der Waals surface area contributed by atoms with Crippen molar-refractivity contribution in [1.82, 2.24) is 0 Å². The van der Waals surface area contributed by atoms with Crippen LogP contribution in [0.1, 0.15) is 37.2 Å². The van der Waals surface area contributed by atoms with Crippen molar-refractivity contribution in [2.24, 2.45) is 16.7 Å². The van der Waals surface area contributed by atoms with E-state index in [1.165, 1.54) is 11.8 Å². The number of carbonyl (C=O) groups is 2. The lowest BCUT2D eigenvalue weighted by atomic mass is 9.89. The zero-order chi connectivity index (χ0) is 19.9. The molecule has 2 heterocycles. The molecule has 1 saturated heterocycles. The zero-order valence-corrected chi connectivity index (χ0v) is 16.9. The number of hydrogen-bond acceptors (Lipinski definition) is 4. The Kier molecular flexibility index (Phi) is 4.74. The van der Waals surface area contributed by atoms with E-state index in [1.54, 1.807) is 6.26 Å². The molecular formula is C23H24O4S. The van der Waals surface area contributed by atoms with Gasteiger partial charge in [-0.05, 0) is 35.4 Å². The first kappa shape index (κ1) is 19.1. The fourth-order valence-electron chi connectivity index (χ4n) is 4.60. The number of aliphatic carboxylic acids is 1. The third-order valence-corrected chi connectivity index (χ3v) is 7.34. The molecule has 0 amide bonds. The fraction of sp³-hybridized carbons (Fsp3) is 0.391. The summed E-state index contributed by atoms with van der Waals surface area (Å²) in [6.07, 6.45) is 5.44. The van der Waals surface area contributed by atoms with Crippen molar-refractivity contribution in [2.75, 3.05) is 5.75 Å². The average Bonchev–Trinajstić information content (AvgIpc) is 3.04. The van der Waals surface area contributed by atoms with Gasteiger partial charge in [-0.2, -0.15) is 0 Å². The van der Waals surface area contributed by atoms with Gasteiger partial charge in [0, 0.05) is 23.7 Å². The molecule has 1 aliphatic carbocycles. The monoisotopic (exact) mass is 396 g/mol. The quantitative estimate of drug-likeness (QED) is 0.715. The highest BCUT2D eigenvalue weighted by atomic mass is 32.2. The van der Waals surface area contributed by atoms with Crippen molar-refractivity contribution < 1.29 is 19.1 Å². The Morgan fingerprint density at radius 2 is 2.04 bits per heavy atom. The molecule has 0 radical (unpaired) electrons. The van der Waals surface area contributed by atoms with Crippen LogP contribution in [-0.2, 0) is 22.4 Å². The summed E-state index contributed by atoms with van der Waals surface area (Å²) >= 11 is 1.32. The summed E-state index contributed by atoms with van der Waals surface area (Å²) in [6, 6.07) is 12.0. The molecule has 4 nitrogen and oxygen atoms in total. The first-order valence-electron chi connectivity index (χ1n) is 9.56. The molecule has 0 bridgehead atoms. The van der Waals surface area contributed by atoms with Crippen LogP contribution in [0.15, 0.2) is 58.7 Å². The molecule has 28 heavy (non-hydrogen) atoms. The molecule has 1 aromatic carbocycles. The number of carboxylic acids is 1. The van der Waals surface area contributed by atoms with Crippen LogP contribution in [0, 0.1) is 16.7 Å². The maximum absolute atomic E-state index is 12.3. The fourth-order valence-corrected chi connectivity index (χ4v) is 5.46. The molecule has 5 heteroatoms. The van der Waals surface area contributed by atoms with Crippen LogP contribution in [0.2, 0.25) is 0 Å². The molecule has 2 atom stereocenters. The molecule has 0 spiro atoms. The second-order valence-corrected chi connectivity index (χ2v) is 9.38. The molecule has 1 saturated carbocycles. The van der Waals surface area contributed by atoms with E-state index in [0.29, 0.717) is 12.8 Å². The van der Waals surface area contributed by atoms with Gasteiger partial charge in [0.25, 0.3) is 0 Å². The van der Waals surface area contributed by atoms with Gasteiger partial charge in [-0.25, -0.2) is 0 Å². The topological polar surface area (TPSA) is 67.5 Å². The highest BCUT2D eigenvalue weighted by Gasteiger charge is 2.74. The highest BCUT2D eigenvalue weighted by Crippen LogP contribution is 2.71. The number of rotatable bonds is 6. The van der Waals surface area contributed by atoms with Crippen molar-refractivity contribution in [3.05, 3.63) is 71.2 Å². The van der Waals surface area contributed by atoms with Crippen LogP contribution in [0.25, 0.3) is 0 Å². The minimum absolute atomic E-state index is 0.0930. The van der Waals surface area contributed by atoms with Gasteiger partial charge in [-0.15, -0.1) is 0 Å². The second kappa shape index (κ2) is 6.96. The van der Waals surface area contributed by atoms with E-state index >= 15 is 0 Å². The summed E-state index contributed by atoms with van der Waals surface area (Å²) in [4.78, 5) is 24.3. The number of allylic oxidation sites excluding steroid dienone is 1. The Hall–Kier alpha value is -2.27. The van der Waals surface area contributed by atoms with E-state index in [-0.39, 0.29) is 11.0 Å². The number of carboxylic acid groups (broad SMARTS) is 1. The third-order valence-electron chi connectivity index (χ3n) is 6.40. The van der Waals surface area contributed by atoms with Gasteiger partial charge < -0.3 is 9.52 Å². The average molecular weight is 397 g/mol. The number of furan rings is 1. The largest absolute Gasteiger partial charge is 0.481 e. The van der Waals surface area contributed by atoms with Crippen LogP contribution >= 0.6 is 11.8 Å². The lowest BCUT2D eigenvalue weighted by Gasteiger charge is -2.14. The van der Waals surface area contributed by atoms with Gasteiger partial charge in [0.05, 0.1) is 11.7 Å². The van der Waals surface area contributed by atoms with Crippen molar-refractivity contribution in [2.45, 2.75) is 33.1 Å². The summed E-state index contributed by atoms with van der Waals surface area (Å²) < 4.78 is 5.71. The van der Waals surface area contributed by atoms with Crippen molar-refractivity contribution >= 4 is 22.8 Å². The van der Waals surface area contributed by atoms with Crippen LogP contribution < -0.4 is 0 Å². The van der Waals surface area contributed by atoms with E-state index in [0.717, 1.165) is 34.6 Å². The minimum atomic E-state index is -0.901. The maximum atomic E-state index is 12.3. The summed E-state index contributed by atoms with van der Waals surface area (Å²) in [5.41, 5.74) is 1.53. The molecule has 1 aromatic heterocycles. The van der Waals surface area contributed by atoms with Crippen LogP contribution in [-0.4, -0.2) is 21.9 Å². The number of hydrogen-bond donors (Lipinski definition) is 1. The molecule has 0 unspecified atom stereocenters. The summed E-state index contributed by atoms with van der Waals surface area (Å²) in [5, 5.41) is 10.2. The predicted octanol–water partition coefficient (Wildman–Crippen LogP) is 4.73. The lowest BCUT2D eigenvalue weighted by molar-refractivity contribution is -0.145. The van der Waals surface area contributed by atoms with Gasteiger partial charge in [0.15, 0.2) is 0 Å². The van der Waals surface area contributed by atoms with Crippen molar-refractivity contribution in [3.8, 4) is 0 Å². The second-order valence-electron chi connectivity index (χ2n) is 8.31. The lowest BCUT2D eigenvalue weighted by Crippen LogP contribution is -2.24. The molecular weight excluding hydrogens is 372 g/mol. The predicted molar refractivity (Wildman–Crippen MR) is 109 cm³/mol. The number of thioether (sulfide) groups is 1. The van der Waals surface area contributed by atoms with Gasteiger partial charge in [0.2, 0.25) is 5.12 Å². The van der Waals surface area contributed by atoms with Crippen LogP contribution in [0.5, 0.6) is 0 Å². The van der Waals surface area contributed by atoms with Gasteiger partial charge in [-0.3, -0.25) is 9.59 Å². The normalized spacial score (nSPS) is 27.3. The van der Waals surface area contributed by atoms with Gasteiger partial charge >= 0.3 is 5.97 Å². The molecule has 1 N–H and O–H groups in total. The standard InChI is InChI=1S/C23H24O4S/c1-22(2)19(12-17-8-9-28-20(17)24)23(22,21(25)26)13-16-11-18(27-14-16)10-15-6-4-3-5-7-15/h3-7,11-12,14,19H,8-10,13H2,1-2H3,(H,25,26)/t19-,23-/m1/s1. The first-order valence-corrected chi connectivity index (χ1v) is 10.5. The Morgan fingerprint density at radius 1 is 1.29 bits per heavy atom. The van der Waals surface area contributed by atoms with Crippen molar-refractivity contribution in [1.29, 1.82) is 0 Å². The van der Waals surface area contributed by atoms with Crippen LogP contribution in [0.4, 0.5) is 0 Å². The number of benzene rings is 1. The molecule has 1 aliphatic heterocycles. The molecule has 2 aromatic rings. The number of carbonyl (C=O) groups excluding carboxylic acids is 1. The van der Waals surface area contributed by atoms with Crippen LogP contribution in [0.3, 0.4) is 0 Å². The molecule has 2 fully saturated rings. The third kappa shape index (κ3) is 3.12. The maximum Gasteiger partial charge on any atom is 0.311 e. The molecule has 2 aliphatic rings. The molecule has 146 valence electrons. The van der Waals surface area contributed by atoms with E-state index in [2.05, 4.69) is 0 Å². The minimum Gasteiger partial charge on any atom is -0.481 e.